The first-order valence-corrected chi connectivity index (χ1v) is 40.1. The van der Waals surface area contributed by atoms with Gasteiger partial charge in [-0.25, -0.2) is 4.79 Å². The molecule has 652 valence electrons. The van der Waals surface area contributed by atoms with Crippen molar-refractivity contribution in [1.82, 2.24) is 47.5 Å². The summed E-state index contributed by atoms with van der Waals surface area (Å²) in [6.45, 7) is 8.90. The molecule has 2 fully saturated rings. The summed E-state index contributed by atoms with van der Waals surface area (Å²) < 4.78 is 45.7. The molecule has 8 heterocycles. The predicted octanol–water partition coefficient (Wildman–Crippen LogP) is 4.28. The second-order valence-electron chi connectivity index (χ2n) is 31.3. The van der Waals surface area contributed by atoms with Crippen LogP contribution >= 0.6 is 23.2 Å². The first kappa shape index (κ1) is 89.0. The minimum atomic E-state index is -2.37. The van der Waals surface area contributed by atoms with Crippen LogP contribution in [0.25, 0.3) is 22.0 Å². The molecule has 0 saturated carbocycles. The average molecular weight is 1740 g/mol. The minimum Gasteiger partial charge on any atom is -0.508 e. The Kier molecular flexibility index (Phi) is 27.2. The Morgan fingerprint density at radius 1 is 0.707 bits per heavy atom. The van der Waals surface area contributed by atoms with Gasteiger partial charge in [-0.3, -0.25) is 38.5 Å². The molecule has 21 N–H and O–H groups in total. The van der Waals surface area contributed by atoms with E-state index in [1.807, 2.05) is 57.2 Å². The number of aromatic nitrogens is 1. The Bertz CT molecular complexity index is 5360. The summed E-state index contributed by atoms with van der Waals surface area (Å²) in [5.41, 5.74) is 5.28. The second kappa shape index (κ2) is 37.5. The Balaban J connectivity index is 0.922. The number of nitrogens with zero attached hydrogens (tertiary/aromatic N) is 1. The highest BCUT2D eigenvalue weighted by Crippen LogP contribution is 2.50. The maximum absolute atomic E-state index is 16.2. The molecule has 7 aliphatic rings. The first-order chi connectivity index (χ1) is 58.6. The van der Waals surface area contributed by atoms with Gasteiger partial charge >= 0.3 is 5.97 Å². The van der Waals surface area contributed by atoms with Gasteiger partial charge < -0.3 is 138 Å². The number of carboxylic acids is 1. The topological polar surface area (TPSA) is 551 Å². The fraction of sp³-hybridized carbons (Fsp3) is 0.376. The van der Waals surface area contributed by atoms with Crippen LogP contribution in [0.3, 0.4) is 0 Å². The number of carboxylic acid groups (broad SMARTS) is 1. The molecule has 1 aromatic heterocycles. The van der Waals surface area contributed by atoms with Gasteiger partial charge in [-0.15, -0.1) is 0 Å². The molecule has 0 radical (unpaired) electrons. The molecule has 7 aliphatic heterocycles. The van der Waals surface area contributed by atoms with E-state index in [9.17, 15) is 75.0 Å². The van der Waals surface area contributed by atoms with Crippen LogP contribution in [0, 0.1) is 12.8 Å². The van der Waals surface area contributed by atoms with Crippen molar-refractivity contribution in [3.8, 4) is 62.9 Å². The molecular weight excluding hydrogens is 1650 g/mol. The number of anilines is 1. The fourth-order valence-electron chi connectivity index (χ4n) is 15.4. The summed E-state index contributed by atoms with van der Waals surface area (Å²) in [4.78, 5) is 123. The molecule has 15 rings (SSSR count). The van der Waals surface area contributed by atoms with Crippen LogP contribution in [-0.4, -0.2) is 209 Å². The monoisotopic (exact) mass is 1740 g/mol. The number of primary amides is 1. The molecule has 123 heavy (non-hydrogen) atoms. The first-order valence-electron chi connectivity index (χ1n) is 39.3. The number of likely N-dealkylation sites (N-methyl/N-ethyl adjacent to an activating group) is 1. The molecule has 18 atom stereocenters. The van der Waals surface area contributed by atoms with Crippen LogP contribution in [0.4, 0.5) is 5.69 Å². The van der Waals surface area contributed by atoms with Crippen molar-refractivity contribution in [1.29, 1.82) is 0 Å². The maximum atomic E-state index is 16.2. The van der Waals surface area contributed by atoms with Gasteiger partial charge in [0.15, 0.2) is 29.9 Å². The van der Waals surface area contributed by atoms with Gasteiger partial charge in [0.25, 0.3) is 0 Å². The SMILES string of the molecule is CN[C@H](CC(C)C)C(=O)N[C@H]1C(=O)N[C@@H](CC(N)=O)C(=O)N[C@H]2C(=O)N[C@H]3C(=O)N[C@H](C(=O)NC(C(=O)O)c4cc(O)cc(O)c4-c4cc3ccc4O)[C@H](O)c3ccc(c(Cl)c3)Oc3cc2cc(c3OC2OC(CO)C(O)C(O)C2OC2CC(C)(NCc3ccc(OCCNc4ccnc5cc(C)ccc45)cc3)C(O)C(C)O2)Oc2ccc(cc2Cl)[C@H]1O. The third-order valence-electron chi connectivity index (χ3n) is 21.9. The van der Waals surface area contributed by atoms with E-state index in [-0.39, 0.29) is 52.8 Å². The molecule has 0 aliphatic carbocycles. The number of carbonyl (C=O) groups is 8. The van der Waals surface area contributed by atoms with E-state index in [0.717, 1.165) is 94.4 Å². The molecule has 2 saturated heterocycles. The normalized spacial score (nSPS) is 26.2. The number of aromatic hydroxyl groups is 3. The molecular formula is C85H93Cl2N11O25. The third-order valence-corrected chi connectivity index (χ3v) is 22.5. The zero-order valence-electron chi connectivity index (χ0n) is 66.9. The van der Waals surface area contributed by atoms with Gasteiger partial charge in [0, 0.05) is 65.1 Å². The number of amides is 7. The minimum absolute atomic E-state index is 0.110. The standard InChI is InChI=1S/C85H93Cl2N11O25/c1-36(2)23-53(89-6)77(109)97-68-70(104)41-11-17-57(49(86)26-41)119-59-28-43-29-60(74(59)123-84-75(73(107)72(106)61(35-99)121-84)122-63-33-85(5,76(108)38(4)118-63)92-34-39-8-13-45(14-9-39)117-22-21-91-51-19-20-90-52-24-37(3)7-15-46(51)52)120-58-18-12-42(27-50(58)87)71(105)69-82(114)96-67(83(115)116)48-30-44(100)31-56(102)64(48)47-25-40(10-16-55(47)101)65(79(111)98-69)95-80(112)66(43)94-78(110)54(32-62(88)103)93-81(68)113/h7-20,24-31,36,38,53-54,61,63,65-73,75-76,84,89,92,99-102,104-108H,21-23,32-35H2,1-6H3,(H2,88,103)(H,90,91)(H,93,113)(H,94,110)(H,95,112)(H,96,114)(H,97,109)(H,98,111)(H,115,116)/t38?,53-,54+,61?,63?,65-,66-,67?,68-,69+,70-,71-,72?,73?,75?,76?,84?,85?/m1/s1. The number of benzene rings is 7. The number of ether oxygens (including phenoxy) is 7. The number of hydrogen-bond donors (Lipinski definition) is 20. The lowest BCUT2D eigenvalue weighted by molar-refractivity contribution is -0.334. The van der Waals surface area contributed by atoms with E-state index in [2.05, 4.69) is 52.8 Å². The predicted molar refractivity (Wildman–Crippen MR) is 439 cm³/mol. The number of nitrogens with two attached hydrogens (primary N) is 1. The van der Waals surface area contributed by atoms with E-state index in [4.69, 9.17) is 62.1 Å². The Morgan fingerprint density at radius 2 is 1.37 bits per heavy atom. The number of halogens is 2. The van der Waals surface area contributed by atoms with Gasteiger partial charge in [0.05, 0.1) is 46.8 Å². The van der Waals surface area contributed by atoms with Crippen molar-refractivity contribution in [3.05, 3.63) is 183 Å². The highest BCUT2D eigenvalue weighted by atomic mass is 35.5. The highest BCUT2D eigenvalue weighted by Gasteiger charge is 2.52. The number of aryl methyl sites for hydroxylation is 1. The fourth-order valence-corrected chi connectivity index (χ4v) is 15.9. The number of pyridine rings is 1. The zero-order valence-corrected chi connectivity index (χ0v) is 68.4. The van der Waals surface area contributed by atoms with Crippen molar-refractivity contribution >= 4 is 87.1 Å². The largest absolute Gasteiger partial charge is 0.508 e. The average Bonchev–Trinajstić information content (AvgIpc) is 0.766. The van der Waals surface area contributed by atoms with E-state index in [0.29, 0.717) is 18.9 Å². The van der Waals surface area contributed by atoms with Gasteiger partial charge in [0.2, 0.25) is 53.4 Å². The number of aliphatic hydroxyl groups excluding tert-OH is 6. The Morgan fingerprint density at radius 3 is 2.02 bits per heavy atom. The Labute approximate surface area is 712 Å². The lowest BCUT2D eigenvalue weighted by atomic mass is 9.84. The van der Waals surface area contributed by atoms with E-state index in [1.54, 1.807) is 32.2 Å². The lowest BCUT2D eigenvalue weighted by Gasteiger charge is -2.48. The van der Waals surface area contributed by atoms with Gasteiger partial charge in [0.1, 0.15) is 102 Å². The smallest absolute Gasteiger partial charge is 0.330 e. The van der Waals surface area contributed by atoms with Crippen molar-refractivity contribution in [3.63, 3.8) is 0 Å². The molecule has 11 bridgehead atoms. The summed E-state index contributed by atoms with van der Waals surface area (Å²) >= 11 is 14.3. The molecule has 8 aromatic rings. The molecule has 7 aromatic carbocycles. The summed E-state index contributed by atoms with van der Waals surface area (Å²) in [6, 6.07) is 14.5. The summed E-state index contributed by atoms with van der Waals surface area (Å²) in [5.74, 6) is -15.5. The number of fused-ring (bicyclic) bond motifs is 16. The quantitative estimate of drug-likeness (QED) is 0.0446. The van der Waals surface area contributed by atoms with Crippen molar-refractivity contribution in [2.75, 3.05) is 32.1 Å². The maximum Gasteiger partial charge on any atom is 0.330 e. The molecule has 0 spiro atoms. The van der Waals surface area contributed by atoms with Gasteiger partial charge in [-0.2, -0.15) is 0 Å². The van der Waals surface area contributed by atoms with E-state index < -0.39 is 237 Å². The number of phenolic OH excluding ortho intramolecular Hbond substituents is 3. The van der Waals surface area contributed by atoms with Crippen molar-refractivity contribution in [2.45, 2.75) is 170 Å². The molecule has 36 nitrogen and oxygen atoms in total. The number of carbonyl (C=O) groups excluding carboxylic acids is 7. The number of aliphatic hydroxyl groups is 6. The molecule has 38 heteroatoms. The van der Waals surface area contributed by atoms with Crippen molar-refractivity contribution < 1.29 is 123 Å². The molecule has 10 unspecified atom stereocenters. The van der Waals surface area contributed by atoms with Crippen LogP contribution in [-0.2, 0) is 59.1 Å². The molecule has 7 amide bonds. The summed E-state index contributed by atoms with van der Waals surface area (Å²) in [7, 11) is 1.48. The highest BCUT2D eigenvalue weighted by molar-refractivity contribution is 6.32. The number of hydrogen-bond acceptors (Lipinski definition) is 28. The van der Waals surface area contributed by atoms with Crippen molar-refractivity contribution in [2.24, 2.45) is 11.7 Å². The van der Waals surface area contributed by atoms with Gasteiger partial charge in [-0.05, 0) is 152 Å². The number of rotatable bonds is 21. The summed E-state index contributed by atoms with van der Waals surface area (Å²) in [5, 5.41) is 141. The lowest BCUT2D eigenvalue weighted by Crippen LogP contribution is -2.65. The van der Waals surface area contributed by atoms with Crippen LogP contribution in [0.15, 0.2) is 134 Å². The summed E-state index contributed by atoms with van der Waals surface area (Å²) in [6.07, 6.45) is -17.1. The van der Waals surface area contributed by atoms with Crippen LogP contribution in [0.1, 0.15) is 116 Å². The zero-order chi connectivity index (χ0) is 88.3. The van der Waals surface area contributed by atoms with Crippen LogP contribution in [0.5, 0.6) is 51.7 Å². The van der Waals surface area contributed by atoms with Gasteiger partial charge in [-0.1, -0.05) is 79.5 Å². The van der Waals surface area contributed by atoms with E-state index >= 15 is 14.4 Å². The third kappa shape index (κ3) is 19.7. The van der Waals surface area contributed by atoms with Crippen LogP contribution < -0.4 is 72.5 Å². The van der Waals surface area contributed by atoms with E-state index in [1.165, 1.54) is 19.2 Å². The Hall–Kier alpha value is -11.8. The van der Waals surface area contributed by atoms with Crippen LogP contribution in [0.2, 0.25) is 10.0 Å². The number of aliphatic carboxylic acids is 1. The second-order valence-corrected chi connectivity index (χ2v) is 32.1. The number of nitrogens with one attached hydrogen (secondary N) is 9. The number of phenols is 3.